The highest BCUT2D eigenvalue weighted by atomic mass is 35.5. The Morgan fingerprint density at radius 1 is 1.38 bits per heavy atom. The minimum Gasteiger partial charge on any atom is -0.368 e. The highest BCUT2D eigenvalue weighted by Crippen LogP contribution is 2.32. The number of anilines is 1. The molecule has 0 atom stereocenters. The zero-order chi connectivity index (χ0) is 9.10. The fraction of sp³-hybridized carbons (Fsp3) is 0.556. The molecule has 70 valence electrons. The predicted octanol–water partition coefficient (Wildman–Crippen LogP) is 2.34. The Morgan fingerprint density at radius 3 is 2.85 bits per heavy atom. The first-order chi connectivity index (χ1) is 6.36. The third-order valence-electron chi connectivity index (χ3n) is 2.20. The maximum absolute atomic E-state index is 5.82. The van der Waals surface area contributed by atoms with E-state index in [1.54, 1.807) is 12.4 Å². The Bertz CT molecular complexity index is 286. The van der Waals surface area contributed by atoms with Crippen molar-refractivity contribution < 1.29 is 0 Å². The van der Waals surface area contributed by atoms with Crippen LogP contribution in [0.5, 0.6) is 0 Å². The van der Waals surface area contributed by atoms with Gasteiger partial charge in [-0.1, -0.05) is 24.4 Å². The van der Waals surface area contributed by atoms with E-state index in [-0.39, 0.29) is 0 Å². The van der Waals surface area contributed by atoms with Crippen LogP contribution in [0.4, 0.5) is 5.82 Å². The second-order valence-electron chi connectivity index (χ2n) is 3.35. The molecule has 0 amide bonds. The number of hydrogen-bond acceptors (Lipinski definition) is 3. The van der Waals surface area contributed by atoms with Crippen molar-refractivity contribution in [3.05, 3.63) is 17.5 Å². The normalized spacial score (nSPS) is 15.8. The SMILES string of the molecule is Clc1nccnc1NCCC1CC1. The van der Waals surface area contributed by atoms with E-state index in [9.17, 15) is 0 Å². The zero-order valence-corrected chi connectivity index (χ0v) is 8.09. The molecule has 0 unspecified atom stereocenters. The fourth-order valence-electron chi connectivity index (χ4n) is 1.24. The monoisotopic (exact) mass is 197 g/mol. The van der Waals surface area contributed by atoms with Gasteiger partial charge >= 0.3 is 0 Å². The lowest BCUT2D eigenvalue weighted by molar-refractivity contribution is 0.758. The lowest BCUT2D eigenvalue weighted by Gasteiger charge is -2.04. The second-order valence-corrected chi connectivity index (χ2v) is 3.71. The van der Waals surface area contributed by atoms with E-state index in [2.05, 4.69) is 15.3 Å². The maximum atomic E-state index is 5.82. The van der Waals surface area contributed by atoms with Crippen molar-refractivity contribution in [1.82, 2.24) is 9.97 Å². The van der Waals surface area contributed by atoms with Gasteiger partial charge in [-0.2, -0.15) is 0 Å². The van der Waals surface area contributed by atoms with Crippen molar-refractivity contribution in [2.24, 2.45) is 5.92 Å². The zero-order valence-electron chi connectivity index (χ0n) is 7.33. The van der Waals surface area contributed by atoms with Crippen molar-refractivity contribution in [1.29, 1.82) is 0 Å². The fourth-order valence-corrected chi connectivity index (χ4v) is 1.41. The van der Waals surface area contributed by atoms with Gasteiger partial charge in [0.05, 0.1) is 0 Å². The third kappa shape index (κ3) is 2.56. The minimum atomic E-state index is 0.457. The van der Waals surface area contributed by atoms with Crippen LogP contribution in [0.2, 0.25) is 5.15 Å². The number of aromatic nitrogens is 2. The smallest absolute Gasteiger partial charge is 0.171 e. The molecule has 1 N–H and O–H groups in total. The van der Waals surface area contributed by atoms with Gasteiger partial charge in [0.1, 0.15) is 0 Å². The molecule has 2 rings (SSSR count). The van der Waals surface area contributed by atoms with Crippen LogP contribution in [-0.2, 0) is 0 Å². The van der Waals surface area contributed by atoms with Crippen molar-refractivity contribution in [3.8, 4) is 0 Å². The summed E-state index contributed by atoms with van der Waals surface area (Å²) in [4.78, 5) is 8.02. The molecule has 0 saturated heterocycles. The molecular formula is C9H12ClN3. The molecule has 0 bridgehead atoms. The van der Waals surface area contributed by atoms with Crippen LogP contribution in [0, 0.1) is 5.92 Å². The van der Waals surface area contributed by atoms with Gasteiger partial charge in [0.2, 0.25) is 0 Å². The van der Waals surface area contributed by atoms with Gasteiger partial charge in [-0.15, -0.1) is 0 Å². The largest absolute Gasteiger partial charge is 0.368 e. The number of nitrogens with zero attached hydrogens (tertiary/aromatic N) is 2. The summed E-state index contributed by atoms with van der Waals surface area (Å²) in [6.45, 7) is 0.947. The van der Waals surface area contributed by atoms with Crippen LogP contribution in [0.25, 0.3) is 0 Å². The van der Waals surface area contributed by atoms with Crippen LogP contribution in [0.15, 0.2) is 12.4 Å². The van der Waals surface area contributed by atoms with Crippen LogP contribution in [-0.4, -0.2) is 16.5 Å². The van der Waals surface area contributed by atoms with Crippen molar-refractivity contribution >= 4 is 17.4 Å². The summed E-state index contributed by atoms with van der Waals surface area (Å²) < 4.78 is 0. The Labute approximate surface area is 82.5 Å². The Kier molecular flexibility index (Phi) is 2.64. The first kappa shape index (κ1) is 8.75. The second kappa shape index (κ2) is 3.92. The highest BCUT2D eigenvalue weighted by molar-refractivity contribution is 6.31. The standard InChI is InChI=1S/C9H12ClN3/c10-8-9(13-6-5-11-8)12-4-3-7-1-2-7/h5-7H,1-4H2,(H,12,13). The van der Waals surface area contributed by atoms with E-state index >= 15 is 0 Å². The van der Waals surface area contributed by atoms with Gasteiger partial charge in [0.25, 0.3) is 0 Å². The van der Waals surface area contributed by atoms with Crippen molar-refractivity contribution in [2.75, 3.05) is 11.9 Å². The molecule has 0 radical (unpaired) electrons. The average Bonchev–Trinajstić information content (AvgIpc) is 2.92. The number of rotatable bonds is 4. The van der Waals surface area contributed by atoms with Crippen LogP contribution in [0.3, 0.4) is 0 Å². The summed E-state index contributed by atoms with van der Waals surface area (Å²) in [5, 5.41) is 3.64. The molecule has 1 aromatic rings. The first-order valence-corrected chi connectivity index (χ1v) is 4.94. The van der Waals surface area contributed by atoms with Crippen molar-refractivity contribution in [3.63, 3.8) is 0 Å². The molecular weight excluding hydrogens is 186 g/mol. The molecule has 0 aromatic carbocycles. The summed E-state index contributed by atoms with van der Waals surface area (Å²) >= 11 is 5.82. The Morgan fingerprint density at radius 2 is 2.15 bits per heavy atom. The summed E-state index contributed by atoms with van der Waals surface area (Å²) in [5.41, 5.74) is 0. The molecule has 1 aliphatic rings. The topological polar surface area (TPSA) is 37.8 Å². The molecule has 1 saturated carbocycles. The van der Waals surface area contributed by atoms with Gasteiger partial charge in [0.15, 0.2) is 11.0 Å². The van der Waals surface area contributed by atoms with Gasteiger partial charge in [-0.25, -0.2) is 9.97 Å². The summed E-state index contributed by atoms with van der Waals surface area (Å²) in [6, 6.07) is 0. The molecule has 1 aliphatic carbocycles. The molecule has 0 aliphatic heterocycles. The molecule has 3 nitrogen and oxygen atoms in total. The van der Waals surface area contributed by atoms with Gasteiger partial charge in [-0.3, -0.25) is 0 Å². The van der Waals surface area contributed by atoms with E-state index in [1.807, 2.05) is 0 Å². The molecule has 4 heteroatoms. The first-order valence-electron chi connectivity index (χ1n) is 4.56. The molecule has 1 fully saturated rings. The Hall–Kier alpha value is -0.830. The van der Waals surface area contributed by atoms with E-state index < -0.39 is 0 Å². The van der Waals surface area contributed by atoms with Gasteiger partial charge < -0.3 is 5.32 Å². The van der Waals surface area contributed by atoms with Gasteiger partial charge in [-0.05, 0) is 12.3 Å². The van der Waals surface area contributed by atoms with Crippen molar-refractivity contribution in [2.45, 2.75) is 19.3 Å². The maximum Gasteiger partial charge on any atom is 0.171 e. The molecule has 13 heavy (non-hydrogen) atoms. The quantitative estimate of drug-likeness (QED) is 0.805. The third-order valence-corrected chi connectivity index (χ3v) is 2.47. The summed E-state index contributed by atoms with van der Waals surface area (Å²) in [5.74, 6) is 1.63. The summed E-state index contributed by atoms with van der Waals surface area (Å²) in [6.07, 6.45) is 7.22. The minimum absolute atomic E-state index is 0.457. The predicted molar refractivity (Wildman–Crippen MR) is 52.9 cm³/mol. The van der Waals surface area contributed by atoms with Crippen LogP contribution >= 0.6 is 11.6 Å². The highest BCUT2D eigenvalue weighted by Gasteiger charge is 2.20. The van der Waals surface area contributed by atoms with Crippen LogP contribution < -0.4 is 5.32 Å². The lowest BCUT2D eigenvalue weighted by Crippen LogP contribution is -2.04. The average molecular weight is 198 g/mol. The summed E-state index contributed by atoms with van der Waals surface area (Å²) in [7, 11) is 0. The van der Waals surface area contributed by atoms with Gasteiger partial charge in [0, 0.05) is 18.9 Å². The van der Waals surface area contributed by atoms with E-state index in [1.165, 1.54) is 19.3 Å². The van der Waals surface area contributed by atoms with E-state index in [0.717, 1.165) is 12.5 Å². The lowest BCUT2D eigenvalue weighted by atomic mass is 10.3. The number of hydrogen-bond donors (Lipinski definition) is 1. The van der Waals surface area contributed by atoms with E-state index in [4.69, 9.17) is 11.6 Å². The number of nitrogens with one attached hydrogen (secondary N) is 1. The molecule has 0 spiro atoms. The van der Waals surface area contributed by atoms with E-state index in [0.29, 0.717) is 11.0 Å². The number of halogens is 1. The Balaban J connectivity index is 1.82. The van der Waals surface area contributed by atoms with Crippen LogP contribution in [0.1, 0.15) is 19.3 Å². The molecule has 1 aromatic heterocycles. The molecule has 1 heterocycles.